The molecule has 0 atom stereocenters. The van der Waals surface area contributed by atoms with Gasteiger partial charge in [0.25, 0.3) is 0 Å². The van der Waals surface area contributed by atoms with E-state index >= 15 is 0 Å². The molecule has 5 heteroatoms. The molecule has 1 rings (SSSR count). The lowest BCUT2D eigenvalue weighted by molar-refractivity contribution is 0.914. The Kier molecular flexibility index (Phi) is 4.39. The lowest BCUT2D eigenvalue weighted by atomic mass is 10.1. The number of rotatable bonds is 4. The largest absolute Gasteiger partial charge is 0.322 e. The molecule has 15 heavy (non-hydrogen) atoms. The number of hydrazone groups is 1. The van der Waals surface area contributed by atoms with Crippen molar-refractivity contribution in [3.05, 3.63) is 28.8 Å². The van der Waals surface area contributed by atoms with Crippen LogP contribution in [0.1, 0.15) is 18.9 Å². The quantitative estimate of drug-likeness (QED) is 0.357. The summed E-state index contributed by atoms with van der Waals surface area (Å²) in [6.07, 6.45) is 3.31. The fourth-order valence-electron chi connectivity index (χ4n) is 1.41. The highest BCUT2D eigenvalue weighted by molar-refractivity contribution is 6.30. The zero-order chi connectivity index (χ0) is 11.3. The van der Waals surface area contributed by atoms with E-state index in [2.05, 4.69) is 12.0 Å². The molecule has 0 fully saturated rings. The standard InChI is InChI=1S/C10H15ClN4/c1-2-3-8-6-9(11)4-5-10(8)15(13)7-14-12/h4-7H,2-3,12-13H2,1H3/b14-7-. The van der Waals surface area contributed by atoms with E-state index in [0.29, 0.717) is 5.02 Å². The zero-order valence-corrected chi connectivity index (χ0v) is 9.41. The SMILES string of the molecule is CCCc1cc(Cl)ccc1N(N)/C=N\N. The third kappa shape index (κ3) is 3.11. The number of hydrazine groups is 1. The van der Waals surface area contributed by atoms with E-state index in [1.165, 1.54) is 11.3 Å². The van der Waals surface area contributed by atoms with Gasteiger partial charge in [0.2, 0.25) is 0 Å². The minimum atomic E-state index is 0.709. The Balaban J connectivity index is 3.04. The van der Waals surface area contributed by atoms with Crippen LogP contribution in [0.2, 0.25) is 5.02 Å². The molecule has 0 spiro atoms. The van der Waals surface area contributed by atoms with Crippen molar-refractivity contribution in [2.45, 2.75) is 19.8 Å². The topological polar surface area (TPSA) is 67.6 Å². The number of nitrogens with zero attached hydrogens (tertiary/aromatic N) is 2. The van der Waals surface area contributed by atoms with Crippen LogP contribution in [0, 0.1) is 0 Å². The first-order chi connectivity index (χ1) is 7.19. The van der Waals surface area contributed by atoms with Crippen molar-refractivity contribution < 1.29 is 0 Å². The lowest BCUT2D eigenvalue weighted by Gasteiger charge is -2.16. The van der Waals surface area contributed by atoms with E-state index in [0.717, 1.165) is 24.1 Å². The van der Waals surface area contributed by atoms with Gasteiger partial charge < -0.3 is 5.84 Å². The minimum absolute atomic E-state index is 0.709. The maximum Gasteiger partial charge on any atom is 0.129 e. The molecule has 0 aromatic heterocycles. The van der Waals surface area contributed by atoms with Gasteiger partial charge in [0.15, 0.2) is 0 Å². The van der Waals surface area contributed by atoms with E-state index < -0.39 is 0 Å². The Bertz CT molecular complexity index is 351. The van der Waals surface area contributed by atoms with Crippen LogP contribution < -0.4 is 16.7 Å². The fraction of sp³-hybridized carbons (Fsp3) is 0.300. The third-order valence-corrected chi connectivity index (χ3v) is 2.27. The summed E-state index contributed by atoms with van der Waals surface area (Å²) >= 11 is 5.92. The maximum atomic E-state index is 5.92. The second-order valence-electron chi connectivity index (χ2n) is 3.19. The van der Waals surface area contributed by atoms with Crippen molar-refractivity contribution >= 4 is 23.6 Å². The number of halogens is 1. The first-order valence-electron chi connectivity index (χ1n) is 4.74. The van der Waals surface area contributed by atoms with Crippen molar-refractivity contribution in [2.24, 2.45) is 16.8 Å². The molecule has 0 bridgehead atoms. The number of hydrogen-bond acceptors (Lipinski definition) is 3. The summed E-state index contributed by atoms with van der Waals surface area (Å²) in [6, 6.07) is 5.56. The van der Waals surface area contributed by atoms with Crippen molar-refractivity contribution in [2.75, 3.05) is 5.01 Å². The van der Waals surface area contributed by atoms with Gasteiger partial charge in [0.1, 0.15) is 6.34 Å². The summed E-state index contributed by atoms with van der Waals surface area (Å²) in [6.45, 7) is 2.10. The van der Waals surface area contributed by atoms with Crippen LogP contribution in [-0.4, -0.2) is 6.34 Å². The number of aryl methyl sites for hydroxylation is 1. The van der Waals surface area contributed by atoms with Gasteiger partial charge in [-0.2, -0.15) is 5.10 Å². The van der Waals surface area contributed by atoms with Crippen molar-refractivity contribution in [1.29, 1.82) is 0 Å². The third-order valence-electron chi connectivity index (χ3n) is 2.03. The second kappa shape index (κ2) is 5.58. The Morgan fingerprint density at radius 1 is 1.53 bits per heavy atom. The number of nitrogens with two attached hydrogens (primary N) is 2. The van der Waals surface area contributed by atoms with Gasteiger partial charge in [-0.05, 0) is 30.2 Å². The fourth-order valence-corrected chi connectivity index (χ4v) is 1.60. The van der Waals surface area contributed by atoms with Crippen LogP contribution in [0.3, 0.4) is 0 Å². The summed E-state index contributed by atoms with van der Waals surface area (Å²) in [5.74, 6) is 10.8. The van der Waals surface area contributed by atoms with Gasteiger partial charge >= 0.3 is 0 Å². The first kappa shape index (κ1) is 11.8. The monoisotopic (exact) mass is 226 g/mol. The van der Waals surface area contributed by atoms with Crippen LogP contribution in [0.4, 0.5) is 5.69 Å². The van der Waals surface area contributed by atoms with Crippen molar-refractivity contribution in [3.8, 4) is 0 Å². The molecule has 0 radical (unpaired) electrons. The molecule has 0 amide bonds. The molecular weight excluding hydrogens is 212 g/mol. The van der Waals surface area contributed by atoms with Gasteiger partial charge in [0.05, 0.1) is 5.69 Å². The molecule has 0 saturated carbocycles. The average Bonchev–Trinajstić information content (AvgIpc) is 2.18. The Hall–Kier alpha value is -1.26. The van der Waals surface area contributed by atoms with Crippen molar-refractivity contribution in [3.63, 3.8) is 0 Å². The van der Waals surface area contributed by atoms with E-state index in [9.17, 15) is 0 Å². The molecule has 4 N–H and O–H groups in total. The van der Waals surface area contributed by atoms with Crippen LogP contribution in [0.15, 0.2) is 23.3 Å². The number of hydrogen-bond donors (Lipinski definition) is 2. The Labute approximate surface area is 94.5 Å². The lowest BCUT2D eigenvalue weighted by Crippen LogP contribution is -2.30. The van der Waals surface area contributed by atoms with E-state index in [1.54, 1.807) is 6.07 Å². The van der Waals surface area contributed by atoms with Gasteiger partial charge in [-0.3, -0.25) is 5.01 Å². The molecule has 82 valence electrons. The zero-order valence-electron chi connectivity index (χ0n) is 8.65. The summed E-state index contributed by atoms with van der Waals surface area (Å²) in [7, 11) is 0. The highest BCUT2D eigenvalue weighted by Gasteiger charge is 2.06. The van der Waals surface area contributed by atoms with Gasteiger partial charge in [0, 0.05) is 5.02 Å². The van der Waals surface area contributed by atoms with Gasteiger partial charge in [-0.15, -0.1) is 0 Å². The smallest absolute Gasteiger partial charge is 0.129 e. The molecule has 0 unspecified atom stereocenters. The van der Waals surface area contributed by atoms with Crippen LogP contribution >= 0.6 is 11.6 Å². The molecule has 1 aromatic rings. The minimum Gasteiger partial charge on any atom is -0.322 e. The molecule has 0 heterocycles. The van der Waals surface area contributed by atoms with Crippen molar-refractivity contribution in [1.82, 2.24) is 0 Å². The molecule has 4 nitrogen and oxygen atoms in total. The van der Waals surface area contributed by atoms with Crippen LogP contribution in [0.25, 0.3) is 0 Å². The van der Waals surface area contributed by atoms with E-state index in [-0.39, 0.29) is 0 Å². The molecular formula is C10H15ClN4. The summed E-state index contributed by atoms with van der Waals surface area (Å²) in [5, 5.41) is 5.48. The Morgan fingerprint density at radius 3 is 2.87 bits per heavy atom. The summed E-state index contributed by atoms with van der Waals surface area (Å²) in [4.78, 5) is 0. The van der Waals surface area contributed by atoms with E-state index in [1.807, 2.05) is 12.1 Å². The van der Waals surface area contributed by atoms with Crippen LogP contribution in [0.5, 0.6) is 0 Å². The highest BCUT2D eigenvalue weighted by Crippen LogP contribution is 2.23. The molecule has 1 aromatic carbocycles. The number of anilines is 1. The molecule has 0 saturated heterocycles. The maximum absolute atomic E-state index is 5.92. The van der Waals surface area contributed by atoms with Gasteiger partial charge in [-0.1, -0.05) is 24.9 Å². The molecule has 0 aliphatic heterocycles. The highest BCUT2D eigenvalue weighted by atomic mass is 35.5. The molecule has 0 aliphatic rings. The Morgan fingerprint density at radius 2 is 2.27 bits per heavy atom. The van der Waals surface area contributed by atoms with E-state index in [4.69, 9.17) is 23.3 Å². The average molecular weight is 227 g/mol. The second-order valence-corrected chi connectivity index (χ2v) is 3.63. The first-order valence-corrected chi connectivity index (χ1v) is 5.12. The predicted molar refractivity (Wildman–Crippen MR) is 64.8 cm³/mol. The normalized spacial score (nSPS) is 10.9. The predicted octanol–water partition coefficient (Wildman–Crippen LogP) is 1.87. The number of benzene rings is 1. The van der Waals surface area contributed by atoms with Crippen LogP contribution in [-0.2, 0) is 6.42 Å². The molecule has 0 aliphatic carbocycles. The summed E-state index contributed by atoms with van der Waals surface area (Å²) < 4.78 is 0. The summed E-state index contributed by atoms with van der Waals surface area (Å²) in [5.41, 5.74) is 1.96. The van der Waals surface area contributed by atoms with Gasteiger partial charge in [-0.25, -0.2) is 5.84 Å².